The number of rotatable bonds is 3. The molecule has 2 heterocycles. The van der Waals surface area contributed by atoms with Crippen molar-refractivity contribution in [2.24, 2.45) is 0 Å². The molecule has 0 atom stereocenters. The zero-order chi connectivity index (χ0) is 13.4. The van der Waals surface area contributed by atoms with Crippen molar-refractivity contribution in [2.45, 2.75) is 0 Å². The van der Waals surface area contributed by atoms with Crippen LogP contribution in [0.15, 0.2) is 35.8 Å². The predicted molar refractivity (Wildman–Crippen MR) is 70.5 cm³/mol. The van der Waals surface area contributed by atoms with Crippen LogP contribution in [0, 0.1) is 10.1 Å². The molecule has 0 bridgehead atoms. The molecule has 3 rings (SSSR count). The van der Waals surface area contributed by atoms with Gasteiger partial charge in [-0.1, -0.05) is 12.1 Å². The van der Waals surface area contributed by atoms with Gasteiger partial charge in [0.2, 0.25) is 0 Å². The highest BCUT2D eigenvalue weighted by Crippen LogP contribution is 2.27. The quantitative estimate of drug-likeness (QED) is 0.417. The highest BCUT2D eigenvalue weighted by atomic mass is 32.1. The highest BCUT2D eigenvalue weighted by molar-refractivity contribution is 7.15. The molecule has 0 radical (unpaired) electrons. The Bertz CT molecular complexity index is 790. The minimum atomic E-state index is -0.470. The van der Waals surface area contributed by atoms with Gasteiger partial charge in [0.25, 0.3) is 5.69 Å². The van der Waals surface area contributed by atoms with Gasteiger partial charge in [0.15, 0.2) is 11.2 Å². The van der Waals surface area contributed by atoms with E-state index in [-0.39, 0.29) is 5.69 Å². The molecule has 1 aromatic carbocycles. The van der Waals surface area contributed by atoms with Crippen LogP contribution in [-0.4, -0.2) is 20.6 Å². The van der Waals surface area contributed by atoms with Gasteiger partial charge in [-0.15, -0.1) is 11.3 Å². The van der Waals surface area contributed by atoms with Gasteiger partial charge in [0, 0.05) is 29.3 Å². The second-order valence-corrected chi connectivity index (χ2v) is 4.70. The van der Waals surface area contributed by atoms with Crippen molar-refractivity contribution in [3.8, 4) is 11.3 Å². The molecule has 7 heteroatoms. The Morgan fingerprint density at radius 3 is 3.00 bits per heavy atom. The number of nitrogens with zero attached hydrogens (tertiary/aromatic N) is 3. The Morgan fingerprint density at radius 2 is 2.26 bits per heavy atom. The van der Waals surface area contributed by atoms with Gasteiger partial charge >= 0.3 is 0 Å². The first kappa shape index (κ1) is 11.5. The lowest BCUT2D eigenvalue weighted by atomic mass is 10.1. The van der Waals surface area contributed by atoms with Gasteiger partial charge in [-0.25, -0.2) is 4.98 Å². The molecule has 19 heavy (non-hydrogen) atoms. The zero-order valence-electron chi connectivity index (χ0n) is 9.52. The molecular weight excluding hydrogens is 266 g/mol. The fourth-order valence-electron chi connectivity index (χ4n) is 1.90. The summed E-state index contributed by atoms with van der Waals surface area (Å²) < 4.78 is 1.67. The first-order chi connectivity index (χ1) is 9.20. The topological polar surface area (TPSA) is 77.5 Å². The number of hydrogen-bond donors (Lipinski definition) is 0. The van der Waals surface area contributed by atoms with Crippen LogP contribution in [0.1, 0.15) is 10.5 Å². The van der Waals surface area contributed by atoms with E-state index in [0.29, 0.717) is 28.2 Å². The van der Waals surface area contributed by atoms with Gasteiger partial charge in [-0.3, -0.25) is 19.3 Å². The molecule has 6 nitrogen and oxygen atoms in total. The van der Waals surface area contributed by atoms with Crippen LogP contribution in [-0.2, 0) is 0 Å². The van der Waals surface area contributed by atoms with Gasteiger partial charge in [-0.05, 0) is 0 Å². The van der Waals surface area contributed by atoms with E-state index in [1.807, 2.05) is 5.38 Å². The molecule has 2 aromatic heterocycles. The number of non-ortho nitro benzene ring substituents is 1. The largest absolute Gasteiger partial charge is 0.296 e. The fraction of sp³-hybridized carbons (Fsp3) is 0. The Balaban J connectivity index is 2.23. The number of fused-ring (bicyclic) bond motifs is 1. The van der Waals surface area contributed by atoms with E-state index in [1.165, 1.54) is 23.5 Å². The second kappa shape index (κ2) is 4.29. The molecule has 3 aromatic rings. The number of carbonyl (C=O) groups excluding carboxylic acids is 1. The number of imidazole rings is 1. The van der Waals surface area contributed by atoms with Crippen LogP contribution < -0.4 is 0 Å². The normalized spacial score (nSPS) is 10.7. The molecule has 0 spiro atoms. The summed E-state index contributed by atoms with van der Waals surface area (Å²) in [4.78, 5) is 26.5. The van der Waals surface area contributed by atoms with Crippen LogP contribution in [0.4, 0.5) is 5.69 Å². The van der Waals surface area contributed by atoms with Gasteiger partial charge in [-0.2, -0.15) is 0 Å². The number of thiazole rings is 1. The molecule has 94 valence electrons. The maximum absolute atomic E-state index is 11.2. The maximum Gasteiger partial charge on any atom is 0.270 e. The standard InChI is InChI=1S/C12H7N3O3S/c16-7-10-11(13-12-14(10)4-5-19-12)8-2-1-3-9(6-8)15(17)18/h1-7H. The average Bonchev–Trinajstić information content (AvgIpc) is 2.98. The van der Waals surface area contributed by atoms with Crippen molar-refractivity contribution in [3.05, 3.63) is 51.7 Å². The van der Waals surface area contributed by atoms with Crippen LogP contribution in [0.3, 0.4) is 0 Å². The van der Waals surface area contributed by atoms with Gasteiger partial charge < -0.3 is 0 Å². The fourth-order valence-corrected chi connectivity index (χ4v) is 2.62. The van der Waals surface area contributed by atoms with Crippen molar-refractivity contribution in [3.63, 3.8) is 0 Å². The van der Waals surface area contributed by atoms with E-state index in [9.17, 15) is 14.9 Å². The van der Waals surface area contributed by atoms with Gasteiger partial charge in [0.05, 0.1) is 4.92 Å². The van der Waals surface area contributed by atoms with Gasteiger partial charge in [0.1, 0.15) is 11.4 Å². The Hall–Kier alpha value is -2.54. The van der Waals surface area contributed by atoms with E-state index < -0.39 is 4.92 Å². The lowest BCUT2D eigenvalue weighted by molar-refractivity contribution is -0.384. The first-order valence-electron chi connectivity index (χ1n) is 5.36. The summed E-state index contributed by atoms with van der Waals surface area (Å²) in [5, 5.41) is 12.6. The van der Waals surface area contributed by atoms with Crippen molar-refractivity contribution in [2.75, 3.05) is 0 Å². The number of carbonyl (C=O) groups is 1. The molecule has 0 amide bonds. The lowest BCUT2D eigenvalue weighted by Crippen LogP contribution is -1.92. The number of nitro benzene ring substituents is 1. The highest BCUT2D eigenvalue weighted by Gasteiger charge is 2.16. The molecule has 0 saturated heterocycles. The predicted octanol–water partition coefficient (Wildman–Crippen LogP) is 2.78. The third-order valence-corrected chi connectivity index (χ3v) is 3.50. The van der Waals surface area contributed by atoms with Crippen molar-refractivity contribution in [1.82, 2.24) is 9.38 Å². The molecular formula is C12H7N3O3S. The molecule has 0 fully saturated rings. The smallest absolute Gasteiger partial charge is 0.270 e. The van der Waals surface area contributed by atoms with Crippen LogP contribution in [0.2, 0.25) is 0 Å². The lowest BCUT2D eigenvalue weighted by Gasteiger charge is -1.98. The molecule has 0 aliphatic carbocycles. The Kier molecular flexibility index (Phi) is 2.60. The van der Waals surface area contributed by atoms with E-state index >= 15 is 0 Å². The van der Waals surface area contributed by atoms with Crippen LogP contribution >= 0.6 is 11.3 Å². The molecule has 0 unspecified atom stereocenters. The molecule has 0 aliphatic heterocycles. The van der Waals surface area contributed by atoms with Crippen molar-refractivity contribution in [1.29, 1.82) is 0 Å². The number of aldehydes is 1. The van der Waals surface area contributed by atoms with Crippen molar-refractivity contribution >= 4 is 28.3 Å². The van der Waals surface area contributed by atoms with Crippen LogP contribution in [0.5, 0.6) is 0 Å². The summed E-state index contributed by atoms with van der Waals surface area (Å²) in [6.45, 7) is 0. The minimum Gasteiger partial charge on any atom is -0.296 e. The summed E-state index contributed by atoms with van der Waals surface area (Å²) in [6, 6.07) is 6.10. The maximum atomic E-state index is 11.2. The third kappa shape index (κ3) is 1.80. The summed E-state index contributed by atoms with van der Waals surface area (Å²) in [5.41, 5.74) is 1.40. The SMILES string of the molecule is O=Cc1c(-c2cccc([N+](=O)[O-])c2)nc2sccn12. The average molecular weight is 273 g/mol. The first-order valence-corrected chi connectivity index (χ1v) is 6.24. The summed E-state index contributed by atoms with van der Waals surface area (Å²) >= 11 is 1.40. The number of aromatic nitrogens is 2. The Labute approximate surface area is 111 Å². The van der Waals surface area contributed by atoms with Crippen molar-refractivity contribution < 1.29 is 9.72 Å². The van der Waals surface area contributed by atoms with E-state index in [0.717, 1.165) is 0 Å². The third-order valence-electron chi connectivity index (χ3n) is 2.74. The number of nitro groups is 1. The molecule has 0 N–H and O–H groups in total. The summed E-state index contributed by atoms with van der Waals surface area (Å²) in [5.74, 6) is 0. The Morgan fingerprint density at radius 1 is 1.42 bits per heavy atom. The summed E-state index contributed by atoms with van der Waals surface area (Å²) in [7, 11) is 0. The number of benzene rings is 1. The second-order valence-electron chi connectivity index (χ2n) is 3.83. The minimum absolute atomic E-state index is 0.0225. The van der Waals surface area contributed by atoms with E-state index in [2.05, 4.69) is 4.98 Å². The van der Waals surface area contributed by atoms with E-state index in [1.54, 1.807) is 22.7 Å². The molecule has 0 aliphatic rings. The zero-order valence-corrected chi connectivity index (χ0v) is 10.3. The number of hydrogen-bond acceptors (Lipinski definition) is 5. The molecule has 0 saturated carbocycles. The van der Waals surface area contributed by atoms with E-state index in [4.69, 9.17) is 0 Å². The summed E-state index contributed by atoms with van der Waals surface area (Å²) in [6.07, 6.45) is 2.46. The monoisotopic (exact) mass is 273 g/mol. The van der Waals surface area contributed by atoms with Crippen LogP contribution in [0.25, 0.3) is 16.2 Å².